The van der Waals surface area contributed by atoms with Crippen molar-refractivity contribution in [2.75, 3.05) is 29.5 Å². The molecule has 0 atom stereocenters. The van der Waals surface area contributed by atoms with E-state index in [1.807, 2.05) is 6.07 Å². The van der Waals surface area contributed by atoms with Crippen LogP contribution in [0, 0.1) is 11.2 Å². The first-order valence-electron chi connectivity index (χ1n) is 10.8. The Balaban J connectivity index is 1.57. The van der Waals surface area contributed by atoms with E-state index in [-0.39, 0.29) is 28.7 Å². The molecule has 3 aromatic rings. The fourth-order valence-corrected chi connectivity index (χ4v) is 3.94. The van der Waals surface area contributed by atoms with Crippen LogP contribution in [0.25, 0.3) is 5.70 Å². The van der Waals surface area contributed by atoms with Crippen molar-refractivity contribution in [3.8, 4) is 0 Å². The summed E-state index contributed by atoms with van der Waals surface area (Å²) in [5.41, 5.74) is 8.59. The number of allylic oxidation sites excluding steroid dienone is 1. The number of anilines is 3. The van der Waals surface area contributed by atoms with E-state index in [1.165, 1.54) is 18.3 Å². The van der Waals surface area contributed by atoms with Crippen LogP contribution in [0.3, 0.4) is 0 Å². The third-order valence-corrected chi connectivity index (χ3v) is 6.00. The molecule has 0 aliphatic carbocycles. The molecule has 0 saturated carbocycles. The number of nitrogen functional groups attached to an aromatic ring is 1. The zero-order chi connectivity index (χ0) is 25.1. The van der Waals surface area contributed by atoms with Gasteiger partial charge in [-0.3, -0.25) is 5.41 Å². The molecule has 1 aliphatic rings. The van der Waals surface area contributed by atoms with Crippen molar-refractivity contribution in [3.05, 3.63) is 108 Å². The number of nitrogens with one attached hydrogen (secondary N) is 3. The summed E-state index contributed by atoms with van der Waals surface area (Å²) in [6.45, 7) is 13.0. The molecule has 1 saturated heterocycles. The molecule has 4 rings (SSSR count). The molecular weight excluding hydrogens is 465 g/mol. The lowest BCUT2D eigenvalue weighted by Gasteiger charge is -2.42. The SMILES string of the molecule is C=CC(=C)N1CC(Nc2c(Cl)cnc(N)c2C(=N)c2ccc(C(=C)Nc3ccccn3)cc2F)C1. The van der Waals surface area contributed by atoms with Gasteiger partial charge in [-0.2, -0.15) is 0 Å². The highest BCUT2D eigenvalue weighted by Crippen LogP contribution is 2.33. The van der Waals surface area contributed by atoms with Crippen molar-refractivity contribution in [1.82, 2.24) is 14.9 Å². The minimum absolute atomic E-state index is 0.0470. The normalized spacial score (nSPS) is 13.0. The number of nitrogens with zero attached hydrogens (tertiary/aromatic N) is 3. The van der Waals surface area contributed by atoms with Crippen LogP contribution in [-0.4, -0.2) is 39.7 Å². The van der Waals surface area contributed by atoms with Gasteiger partial charge in [0.15, 0.2) is 0 Å². The molecule has 2 aromatic heterocycles. The molecule has 0 unspecified atom stereocenters. The molecule has 5 N–H and O–H groups in total. The van der Waals surface area contributed by atoms with Gasteiger partial charge in [0.2, 0.25) is 0 Å². The van der Waals surface area contributed by atoms with Gasteiger partial charge in [0, 0.05) is 41.8 Å². The van der Waals surface area contributed by atoms with E-state index in [0.29, 0.717) is 40.9 Å². The summed E-state index contributed by atoms with van der Waals surface area (Å²) in [6.07, 6.45) is 4.76. The van der Waals surface area contributed by atoms with Crippen LogP contribution in [0.15, 0.2) is 80.3 Å². The maximum Gasteiger partial charge on any atom is 0.135 e. The third kappa shape index (κ3) is 5.02. The predicted octanol–water partition coefficient (Wildman–Crippen LogP) is 5.15. The van der Waals surface area contributed by atoms with E-state index in [9.17, 15) is 0 Å². The summed E-state index contributed by atoms with van der Waals surface area (Å²) in [7, 11) is 0. The van der Waals surface area contributed by atoms with Crippen LogP contribution in [0.1, 0.15) is 16.7 Å². The molecule has 9 heteroatoms. The Morgan fingerprint density at radius 1 is 1.23 bits per heavy atom. The topological polar surface area (TPSA) is 103 Å². The molecule has 1 fully saturated rings. The minimum Gasteiger partial charge on any atom is -0.383 e. The van der Waals surface area contributed by atoms with Crippen molar-refractivity contribution in [3.63, 3.8) is 0 Å². The van der Waals surface area contributed by atoms with Crippen LogP contribution in [0.4, 0.5) is 21.7 Å². The van der Waals surface area contributed by atoms with Crippen LogP contribution in [-0.2, 0) is 0 Å². The highest BCUT2D eigenvalue weighted by molar-refractivity contribution is 6.35. The van der Waals surface area contributed by atoms with Crippen LogP contribution in [0.2, 0.25) is 5.02 Å². The van der Waals surface area contributed by atoms with E-state index in [1.54, 1.807) is 30.5 Å². The van der Waals surface area contributed by atoms with Gasteiger partial charge in [0.25, 0.3) is 0 Å². The summed E-state index contributed by atoms with van der Waals surface area (Å²) in [5, 5.41) is 15.4. The lowest BCUT2D eigenvalue weighted by Crippen LogP contribution is -2.53. The number of nitrogens with two attached hydrogens (primary N) is 1. The van der Waals surface area contributed by atoms with Gasteiger partial charge in [-0.25, -0.2) is 14.4 Å². The average molecular weight is 490 g/mol. The molecule has 0 spiro atoms. The molecular formula is C26H25ClFN7. The largest absolute Gasteiger partial charge is 0.383 e. The zero-order valence-corrected chi connectivity index (χ0v) is 19.7. The van der Waals surface area contributed by atoms with Crippen molar-refractivity contribution in [1.29, 1.82) is 5.41 Å². The number of hydrogen-bond donors (Lipinski definition) is 4. The summed E-state index contributed by atoms with van der Waals surface area (Å²) in [4.78, 5) is 10.3. The summed E-state index contributed by atoms with van der Waals surface area (Å²) in [5.74, 6) is 0.0756. The number of hydrogen-bond acceptors (Lipinski definition) is 7. The van der Waals surface area contributed by atoms with Gasteiger partial charge < -0.3 is 21.3 Å². The van der Waals surface area contributed by atoms with Gasteiger partial charge in [-0.1, -0.05) is 43.5 Å². The second kappa shape index (κ2) is 9.99. The molecule has 7 nitrogen and oxygen atoms in total. The second-order valence-corrected chi connectivity index (χ2v) is 8.48. The Labute approximate surface area is 208 Å². The molecule has 1 aromatic carbocycles. The first kappa shape index (κ1) is 24.0. The van der Waals surface area contributed by atoms with Gasteiger partial charge >= 0.3 is 0 Å². The Morgan fingerprint density at radius 2 is 2.00 bits per heavy atom. The predicted molar refractivity (Wildman–Crippen MR) is 141 cm³/mol. The number of pyridine rings is 2. The third-order valence-electron chi connectivity index (χ3n) is 5.71. The highest BCUT2D eigenvalue weighted by atomic mass is 35.5. The number of rotatable bonds is 9. The smallest absolute Gasteiger partial charge is 0.135 e. The molecule has 1 aliphatic heterocycles. The first-order valence-corrected chi connectivity index (χ1v) is 11.2. The number of benzene rings is 1. The highest BCUT2D eigenvalue weighted by Gasteiger charge is 2.29. The minimum atomic E-state index is -0.598. The maximum atomic E-state index is 15.2. The fourth-order valence-electron chi connectivity index (χ4n) is 3.74. The van der Waals surface area contributed by atoms with Gasteiger partial charge in [0.05, 0.1) is 34.2 Å². The molecule has 0 radical (unpaired) electrons. The van der Waals surface area contributed by atoms with E-state index in [2.05, 4.69) is 45.2 Å². The average Bonchev–Trinajstić information content (AvgIpc) is 2.82. The Morgan fingerprint density at radius 3 is 2.66 bits per heavy atom. The molecule has 0 amide bonds. The lowest BCUT2D eigenvalue weighted by molar-refractivity contribution is 0.222. The van der Waals surface area contributed by atoms with Gasteiger partial charge in [0.1, 0.15) is 17.5 Å². The summed E-state index contributed by atoms with van der Waals surface area (Å²) < 4.78 is 15.2. The lowest BCUT2D eigenvalue weighted by atomic mass is 9.98. The van der Waals surface area contributed by atoms with Crippen LogP contribution < -0.4 is 16.4 Å². The maximum absolute atomic E-state index is 15.2. The van der Waals surface area contributed by atoms with Crippen molar-refractivity contribution in [2.45, 2.75) is 6.04 Å². The fraction of sp³-hybridized carbons (Fsp3) is 0.115. The van der Waals surface area contributed by atoms with Crippen LogP contribution in [0.5, 0.6) is 0 Å². The number of halogens is 2. The van der Waals surface area contributed by atoms with Gasteiger partial charge in [-0.05, 0) is 30.3 Å². The summed E-state index contributed by atoms with van der Waals surface area (Å²) >= 11 is 6.42. The van der Waals surface area contributed by atoms with E-state index in [4.69, 9.17) is 22.7 Å². The second-order valence-electron chi connectivity index (χ2n) is 8.07. The number of aromatic nitrogens is 2. The molecule has 35 heavy (non-hydrogen) atoms. The number of likely N-dealkylation sites (tertiary alicyclic amines) is 1. The Bertz CT molecular complexity index is 1320. The van der Waals surface area contributed by atoms with E-state index < -0.39 is 5.82 Å². The zero-order valence-electron chi connectivity index (χ0n) is 19.0. The van der Waals surface area contributed by atoms with Crippen LogP contribution >= 0.6 is 11.6 Å². The van der Waals surface area contributed by atoms with Crippen molar-refractivity contribution >= 4 is 40.3 Å². The van der Waals surface area contributed by atoms with Gasteiger partial charge in [-0.15, -0.1) is 0 Å². The monoisotopic (exact) mass is 489 g/mol. The summed E-state index contributed by atoms with van der Waals surface area (Å²) in [6, 6.07) is 9.97. The Hall–Kier alpha value is -4.17. The van der Waals surface area contributed by atoms with Crippen molar-refractivity contribution < 1.29 is 4.39 Å². The Kier molecular flexibility index (Phi) is 6.84. The van der Waals surface area contributed by atoms with Crippen molar-refractivity contribution in [2.24, 2.45) is 0 Å². The first-order chi connectivity index (χ1) is 16.8. The molecule has 0 bridgehead atoms. The van der Waals surface area contributed by atoms with E-state index >= 15 is 4.39 Å². The quantitative estimate of drug-likeness (QED) is 0.245. The van der Waals surface area contributed by atoms with E-state index in [0.717, 1.165) is 5.70 Å². The standard InChI is InChI=1S/C26H25ClFN7/c1-4-15(2)35-13-18(14-35)34-25-20(27)12-32-26(30)23(25)24(29)19-9-8-17(11-21(19)28)16(3)33-22-7-5-6-10-31-22/h4-12,18,29H,1-3,13-14H2,(H,31,33)(H3,30,32,34). The molecule has 3 heterocycles. The molecule has 178 valence electrons.